The van der Waals surface area contributed by atoms with Crippen LogP contribution in [-0.4, -0.2) is 36.2 Å². The fraction of sp³-hybridized carbons (Fsp3) is 0.636. The van der Waals surface area contributed by atoms with Gasteiger partial charge in [-0.15, -0.1) is 0 Å². The molecule has 0 aliphatic rings. The fourth-order valence-electron chi connectivity index (χ4n) is 1.15. The van der Waals surface area contributed by atoms with E-state index in [0.717, 1.165) is 26.1 Å². The largest absolute Gasteiger partial charge is 0.478 e. The number of hydrogen-bond donors (Lipinski definition) is 2. The van der Waals surface area contributed by atoms with Crippen molar-refractivity contribution in [2.24, 2.45) is 0 Å². The van der Waals surface area contributed by atoms with Crippen LogP contribution >= 0.6 is 0 Å². The first kappa shape index (κ1) is 12.7. The molecule has 0 fully saturated rings. The molecule has 90 valence electrons. The summed E-state index contributed by atoms with van der Waals surface area (Å²) in [6.07, 6.45) is 2.68. The van der Waals surface area contributed by atoms with Crippen molar-refractivity contribution >= 4 is 5.95 Å². The molecular formula is C11H20N4O. The highest BCUT2D eigenvalue weighted by atomic mass is 16.5. The molecule has 1 aromatic heterocycles. The second-order valence-electron chi connectivity index (χ2n) is 3.35. The van der Waals surface area contributed by atoms with Crippen molar-refractivity contribution in [3.05, 3.63) is 12.3 Å². The van der Waals surface area contributed by atoms with Crippen LogP contribution in [0.15, 0.2) is 12.3 Å². The second kappa shape index (κ2) is 7.87. The van der Waals surface area contributed by atoms with E-state index in [1.165, 1.54) is 0 Å². The molecule has 0 saturated heterocycles. The number of nitrogens with zero attached hydrogens (tertiary/aromatic N) is 2. The Kier molecular flexibility index (Phi) is 6.25. The zero-order valence-electron chi connectivity index (χ0n) is 9.99. The van der Waals surface area contributed by atoms with Gasteiger partial charge < -0.3 is 15.4 Å². The van der Waals surface area contributed by atoms with E-state index in [-0.39, 0.29) is 0 Å². The highest BCUT2D eigenvalue weighted by molar-refractivity contribution is 5.27. The minimum atomic E-state index is 0.617. The molecule has 1 heterocycles. The Bertz CT molecular complexity index is 293. The van der Waals surface area contributed by atoms with Gasteiger partial charge in [-0.25, -0.2) is 4.98 Å². The van der Waals surface area contributed by atoms with Crippen LogP contribution in [0.25, 0.3) is 0 Å². The van der Waals surface area contributed by atoms with Gasteiger partial charge in [0.2, 0.25) is 11.8 Å². The van der Waals surface area contributed by atoms with E-state index < -0.39 is 0 Å². The van der Waals surface area contributed by atoms with Crippen LogP contribution in [-0.2, 0) is 0 Å². The number of likely N-dealkylation sites (N-methyl/N-ethyl adjacent to an activating group) is 1. The van der Waals surface area contributed by atoms with Gasteiger partial charge >= 0.3 is 0 Å². The Labute approximate surface area is 96.6 Å². The predicted molar refractivity (Wildman–Crippen MR) is 64.9 cm³/mol. The molecule has 1 aromatic rings. The van der Waals surface area contributed by atoms with Crippen LogP contribution in [0.1, 0.15) is 20.3 Å². The van der Waals surface area contributed by atoms with Gasteiger partial charge in [0.25, 0.3) is 0 Å². The molecule has 0 amide bonds. The normalized spacial score (nSPS) is 10.1. The topological polar surface area (TPSA) is 59.1 Å². The van der Waals surface area contributed by atoms with Gasteiger partial charge in [0.1, 0.15) is 0 Å². The average Bonchev–Trinajstić information content (AvgIpc) is 2.33. The molecular weight excluding hydrogens is 204 g/mol. The molecule has 0 atom stereocenters. The molecule has 0 spiro atoms. The van der Waals surface area contributed by atoms with Crippen LogP contribution in [0.2, 0.25) is 0 Å². The lowest BCUT2D eigenvalue weighted by Crippen LogP contribution is -2.22. The number of rotatable bonds is 8. The zero-order chi connectivity index (χ0) is 11.6. The number of aromatic nitrogens is 2. The van der Waals surface area contributed by atoms with Gasteiger partial charge in [-0.2, -0.15) is 4.98 Å². The fourth-order valence-corrected chi connectivity index (χ4v) is 1.15. The smallest absolute Gasteiger partial charge is 0.225 e. The third-order valence-corrected chi connectivity index (χ3v) is 1.92. The maximum atomic E-state index is 5.42. The van der Waals surface area contributed by atoms with E-state index in [9.17, 15) is 0 Å². The second-order valence-corrected chi connectivity index (χ2v) is 3.35. The summed E-state index contributed by atoms with van der Waals surface area (Å²) in [6.45, 7) is 7.52. The molecule has 5 nitrogen and oxygen atoms in total. The molecule has 0 aliphatic carbocycles. The van der Waals surface area contributed by atoms with Crippen molar-refractivity contribution in [2.75, 3.05) is 31.6 Å². The minimum absolute atomic E-state index is 0.617. The highest BCUT2D eigenvalue weighted by Gasteiger charge is 1.98. The van der Waals surface area contributed by atoms with Gasteiger partial charge in [0.05, 0.1) is 6.61 Å². The van der Waals surface area contributed by atoms with E-state index in [4.69, 9.17) is 4.74 Å². The first-order valence-electron chi connectivity index (χ1n) is 5.77. The molecule has 5 heteroatoms. The van der Waals surface area contributed by atoms with E-state index in [0.29, 0.717) is 18.4 Å². The Balaban J connectivity index is 2.35. The van der Waals surface area contributed by atoms with Crippen molar-refractivity contribution in [3.8, 4) is 5.88 Å². The van der Waals surface area contributed by atoms with Crippen LogP contribution in [0.5, 0.6) is 5.88 Å². The van der Waals surface area contributed by atoms with Crippen molar-refractivity contribution in [1.29, 1.82) is 0 Å². The quantitative estimate of drug-likeness (QED) is 0.652. The Morgan fingerprint density at radius 1 is 1.31 bits per heavy atom. The first-order chi connectivity index (χ1) is 7.86. The van der Waals surface area contributed by atoms with Crippen molar-refractivity contribution in [2.45, 2.75) is 20.3 Å². The van der Waals surface area contributed by atoms with E-state index in [1.807, 2.05) is 0 Å². The standard InChI is InChI=1S/C11H20N4O/c1-3-9-16-10-5-6-13-11(15-10)14-8-7-12-4-2/h5-6,12H,3-4,7-9H2,1-2H3,(H,13,14,15). The lowest BCUT2D eigenvalue weighted by Gasteiger charge is -2.07. The Hall–Kier alpha value is -1.36. The van der Waals surface area contributed by atoms with Gasteiger partial charge in [-0.05, 0) is 13.0 Å². The van der Waals surface area contributed by atoms with Crippen LogP contribution in [0.3, 0.4) is 0 Å². The molecule has 0 unspecified atom stereocenters. The molecule has 0 aromatic carbocycles. The predicted octanol–water partition coefficient (Wildman–Crippen LogP) is 1.29. The number of ether oxygens (including phenoxy) is 1. The summed E-state index contributed by atoms with van der Waals surface area (Å²) in [7, 11) is 0. The number of anilines is 1. The van der Waals surface area contributed by atoms with Crippen LogP contribution in [0, 0.1) is 0 Å². The molecule has 0 radical (unpaired) electrons. The summed E-state index contributed by atoms with van der Waals surface area (Å²) in [5, 5.41) is 6.35. The Morgan fingerprint density at radius 3 is 2.94 bits per heavy atom. The SMILES string of the molecule is CCCOc1ccnc(NCCNCC)n1. The first-order valence-corrected chi connectivity index (χ1v) is 5.77. The van der Waals surface area contributed by atoms with Crippen molar-refractivity contribution < 1.29 is 4.74 Å². The molecule has 1 rings (SSSR count). The van der Waals surface area contributed by atoms with E-state index in [1.54, 1.807) is 12.3 Å². The number of hydrogen-bond acceptors (Lipinski definition) is 5. The molecule has 16 heavy (non-hydrogen) atoms. The third kappa shape index (κ3) is 4.93. The van der Waals surface area contributed by atoms with E-state index in [2.05, 4.69) is 34.4 Å². The summed E-state index contributed by atoms with van der Waals surface area (Å²) < 4.78 is 5.42. The lowest BCUT2D eigenvalue weighted by molar-refractivity contribution is 0.305. The highest BCUT2D eigenvalue weighted by Crippen LogP contribution is 2.07. The summed E-state index contributed by atoms with van der Waals surface area (Å²) in [5.41, 5.74) is 0. The average molecular weight is 224 g/mol. The van der Waals surface area contributed by atoms with Gasteiger partial charge in [0.15, 0.2) is 0 Å². The van der Waals surface area contributed by atoms with Gasteiger partial charge in [0, 0.05) is 25.4 Å². The molecule has 0 aliphatic heterocycles. The van der Waals surface area contributed by atoms with Crippen LogP contribution < -0.4 is 15.4 Å². The summed E-state index contributed by atoms with van der Waals surface area (Å²) in [6, 6.07) is 1.77. The molecule has 0 bridgehead atoms. The molecule has 0 saturated carbocycles. The van der Waals surface area contributed by atoms with Crippen LogP contribution in [0.4, 0.5) is 5.95 Å². The summed E-state index contributed by atoms with van der Waals surface area (Å²) >= 11 is 0. The molecule has 2 N–H and O–H groups in total. The van der Waals surface area contributed by atoms with Crippen molar-refractivity contribution in [3.63, 3.8) is 0 Å². The maximum absolute atomic E-state index is 5.42. The number of nitrogens with one attached hydrogen (secondary N) is 2. The third-order valence-electron chi connectivity index (χ3n) is 1.92. The zero-order valence-corrected chi connectivity index (χ0v) is 9.99. The van der Waals surface area contributed by atoms with Crippen molar-refractivity contribution in [1.82, 2.24) is 15.3 Å². The summed E-state index contributed by atoms with van der Waals surface area (Å²) in [5.74, 6) is 1.24. The minimum Gasteiger partial charge on any atom is -0.478 e. The van der Waals surface area contributed by atoms with Gasteiger partial charge in [-0.1, -0.05) is 13.8 Å². The monoisotopic (exact) mass is 224 g/mol. The Morgan fingerprint density at radius 2 is 2.19 bits per heavy atom. The van der Waals surface area contributed by atoms with Gasteiger partial charge in [-0.3, -0.25) is 0 Å². The van der Waals surface area contributed by atoms with E-state index >= 15 is 0 Å². The lowest BCUT2D eigenvalue weighted by atomic mass is 10.5. The summed E-state index contributed by atoms with van der Waals surface area (Å²) in [4.78, 5) is 8.35. The maximum Gasteiger partial charge on any atom is 0.225 e.